The summed E-state index contributed by atoms with van der Waals surface area (Å²) in [7, 11) is -3.61. The van der Waals surface area contributed by atoms with Crippen LogP contribution in [-0.4, -0.2) is 19.9 Å². The average molecular weight is 326 g/mol. The van der Waals surface area contributed by atoms with Crippen molar-refractivity contribution in [3.63, 3.8) is 0 Å². The molecule has 0 saturated carbocycles. The van der Waals surface area contributed by atoms with Crippen molar-refractivity contribution in [3.05, 3.63) is 53.2 Å². The number of benzene rings is 1. The lowest BCUT2D eigenvalue weighted by Gasteiger charge is -2.08. The highest BCUT2D eigenvalue weighted by molar-refractivity contribution is 7.89. The molecule has 0 fully saturated rings. The summed E-state index contributed by atoms with van der Waals surface area (Å²) in [6, 6.07) is 10.2. The molecule has 2 rings (SSSR count). The highest BCUT2D eigenvalue weighted by Crippen LogP contribution is 2.16. The van der Waals surface area contributed by atoms with Crippen LogP contribution in [0.3, 0.4) is 0 Å². The summed E-state index contributed by atoms with van der Waals surface area (Å²) in [5.41, 5.74) is 0.722. The maximum absolute atomic E-state index is 12.2. The standard InChI is InChI=1S/C14H16ClN3O2S/c1-2-16-14-8-7-12(10-17-14)21(19,20)18-9-11-5-3-4-6-13(11)15/h3-8,10,18H,2,9H2,1H3,(H,16,17). The number of sulfonamides is 1. The van der Waals surface area contributed by atoms with Crippen LogP contribution >= 0.6 is 11.6 Å². The molecule has 0 radical (unpaired) electrons. The van der Waals surface area contributed by atoms with E-state index in [1.807, 2.05) is 13.0 Å². The number of hydrogen-bond acceptors (Lipinski definition) is 4. The fourth-order valence-corrected chi connectivity index (χ4v) is 2.88. The Morgan fingerprint density at radius 3 is 2.57 bits per heavy atom. The van der Waals surface area contributed by atoms with Gasteiger partial charge in [-0.3, -0.25) is 0 Å². The summed E-state index contributed by atoms with van der Waals surface area (Å²) in [6.07, 6.45) is 1.33. The summed E-state index contributed by atoms with van der Waals surface area (Å²) < 4.78 is 26.9. The van der Waals surface area contributed by atoms with Crippen LogP contribution in [0.25, 0.3) is 0 Å². The van der Waals surface area contributed by atoms with Crippen molar-refractivity contribution in [2.24, 2.45) is 0 Å². The molecule has 0 aliphatic heterocycles. The predicted molar refractivity (Wildman–Crippen MR) is 83.9 cm³/mol. The second-order valence-electron chi connectivity index (χ2n) is 4.33. The van der Waals surface area contributed by atoms with Gasteiger partial charge in [0.05, 0.1) is 0 Å². The zero-order chi connectivity index (χ0) is 15.3. The summed E-state index contributed by atoms with van der Waals surface area (Å²) in [5.74, 6) is 0.641. The number of aromatic nitrogens is 1. The van der Waals surface area contributed by atoms with Gasteiger partial charge in [0.15, 0.2) is 0 Å². The molecule has 0 saturated heterocycles. The molecule has 0 unspecified atom stereocenters. The number of pyridine rings is 1. The lowest BCUT2D eigenvalue weighted by Crippen LogP contribution is -2.23. The van der Waals surface area contributed by atoms with E-state index in [2.05, 4.69) is 15.0 Å². The third-order valence-electron chi connectivity index (χ3n) is 2.82. The number of hydrogen-bond donors (Lipinski definition) is 2. The van der Waals surface area contributed by atoms with E-state index in [-0.39, 0.29) is 11.4 Å². The first-order valence-corrected chi connectivity index (χ1v) is 8.32. The van der Waals surface area contributed by atoms with E-state index in [0.717, 1.165) is 12.1 Å². The largest absolute Gasteiger partial charge is 0.370 e. The summed E-state index contributed by atoms with van der Waals surface area (Å²) in [4.78, 5) is 4.17. The molecule has 0 atom stereocenters. The van der Waals surface area contributed by atoms with Crippen LogP contribution in [0.15, 0.2) is 47.5 Å². The van der Waals surface area contributed by atoms with E-state index in [9.17, 15) is 8.42 Å². The first-order chi connectivity index (χ1) is 10.0. The maximum atomic E-state index is 12.2. The molecule has 1 aromatic heterocycles. The van der Waals surface area contributed by atoms with Crippen molar-refractivity contribution < 1.29 is 8.42 Å². The van der Waals surface area contributed by atoms with E-state index in [4.69, 9.17) is 11.6 Å². The number of halogens is 1. The molecule has 112 valence electrons. The zero-order valence-electron chi connectivity index (χ0n) is 11.5. The number of nitrogens with one attached hydrogen (secondary N) is 2. The second-order valence-corrected chi connectivity index (χ2v) is 6.50. The molecular formula is C14H16ClN3O2S. The lowest BCUT2D eigenvalue weighted by molar-refractivity contribution is 0.581. The first kappa shape index (κ1) is 15.8. The maximum Gasteiger partial charge on any atom is 0.242 e. The van der Waals surface area contributed by atoms with Crippen LogP contribution in [0, 0.1) is 0 Å². The van der Waals surface area contributed by atoms with Gasteiger partial charge in [-0.2, -0.15) is 0 Å². The minimum atomic E-state index is -3.61. The van der Waals surface area contributed by atoms with E-state index >= 15 is 0 Å². The van der Waals surface area contributed by atoms with Gasteiger partial charge in [0.1, 0.15) is 10.7 Å². The molecule has 21 heavy (non-hydrogen) atoms. The number of nitrogens with zero attached hydrogens (tertiary/aromatic N) is 1. The second kappa shape index (κ2) is 6.89. The Morgan fingerprint density at radius 1 is 1.19 bits per heavy atom. The fourth-order valence-electron chi connectivity index (χ4n) is 1.72. The van der Waals surface area contributed by atoms with Crippen molar-refractivity contribution in [3.8, 4) is 0 Å². The number of anilines is 1. The van der Waals surface area contributed by atoms with Crippen LogP contribution in [0.4, 0.5) is 5.82 Å². The summed E-state index contributed by atoms with van der Waals surface area (Å²) >= 11 is 6.00. The molecule has 0 amide bonds. The average Bonchev–Trinajstić information content (AvgIpc) is 2.47. The van der Waals surface area contributed by atoms with Gasteiger partial charge in [0.25, 0.3) is 0 Å². The molecule has 5 nitrogen and oxygen atoms in total. The Bertz CT molecular complexity index is 702. The van der Waals surface area contributed by atoms with Crippen molar-refractivity contribution >= 4 is 27.4 Å². The Labute approximate surface area is 129 Å². The van der Waals surface area contributed by atoms with Crippen LogP contribution < -0.4 is 10.0 Å². The summed E-state index contributed by atoms with van der Waals surface area (Å²) in [6.45, 7) is 2.80. The molecule has 0 spiro atoms. The summed E-state index contributed by atoms with van der Waals surface area (Å²) in [5, 5.41) is 3.54. The lowest BCUT2D eigenvalue weighted by atomic mass is 10.2. The number of rotatable bonds is 6. The molecule has 1 heterocycles. The van der Waals surface area contributed by atoms with Gasteiger partial charge in [-0.1, -0.05) is 29.8 Å². The fraction of sp³-hybridized carbons (Fsp3) is 0.214. The van der Waals surface area contributed by atoms with Gasteiger partial charge in [0, 0.05) is 24.3 Å². The van der Waals surface area contributed by atoms with Crippen molar-refractivity contribution in [2.45, 2.75) is 18.4 Å². The van der Waals surface area contributed by atoms with Crippen molar-refractivity contribution in [1.82, 2.24) is 9.71 Å². The SMILES string of the molecule is CCNc1ccc(S(=O)(=O)NCc2ccccc2Cl)cn1. The Balaban J connectivity index is 2.09. The minimum Gasteiger partial charge on any atom is -0.370 e. The molecular weight excluding hydrogens is 310 g/mol. The monoisotopic (exact) mass is 325 g/mol. The van der Waals surface area contributed by atoms with Crippen LogP contribution in [0.1, 0.15) is 12.5 Å². The van der Waals surface area contributed by atoms with Crippen molar-refractivity contribution in [2.75, 3.05) is 11.9 Å². The molecule has 2 N–H and O–H groups in total. The highest BCUT2D eigenvalue weighted by Gasteiger charge is 2.14. The van der Waals surface area contributed by atoms with Crippen LogP contribution in [0.5, 0.6) is 0 Å². The van der Waals surface area contributed by atoms with Gasteiger partial charge in [-0.15, -0.1) is 0 Å². The molecule has 0 aliphatic carbocycles. The van der Waals surface area contributed by atoms with Gasteiger partial charge in [0.2, 0.25) is 10.0 Å². The Morgan fingerprint density at radius 2 is 1.95 bits per heavy atom. The Kier molecular flexibility index (Phi) is 5.17. The normalized spacial score (nSPS) is 11.3. The van der Waals surface area contributed by atoms with Crippen LogP contribution in [-0.2, 0) is 16.6 Å². The van der Waals surface area contributed by atoms with E-state index in [1.165, 1.54) is 12.3 Å². The third-order valence-corrected chi connectivity index (χ3v) is 4.57. The van der Waals surface area contributed by atoms with Gasteiger partial charge in [-0.05, 0) is 30.7 Å². The molecule has 7 heteroatoms. The van der Waals surface area contributed by atoms with Crippen LogP contribution in [0.2, 0.25) is 5.02 Å². The molecule has 0 bridgehead atoms. The smallest absolute Gasteiger partial charge is 0.242 e. The molecule has 2 aromatic rings. The van der Waals surface area contributed by atoms with E-state index in [0.29, 0.717) is 10.8 Å². The highest BCUT2D eigenvalue weighted by atomic mass is 35.5. The first-order valence-electron chi connectivity index (χ1n) is 6.46. The van der Waals surface area contributed by atoms with E-state index in [1.54, 1.807) is 24.3 Å². The van der Waals surface area contributed by atoms with Gasteiger partial charge < -0.3 is 5.32 Å². The van der Waals surface area contributed by atoms with E-state index < -0.39 is 10.0 Å². The zero-order valence-corrected chi connectivity index (χ0v) is 13.1. The minimum absolute atomic E-state index is 0.121. The van der Waals surface area contributed by atoms with Crippen molar-refractivity contribution in [1.29, 1.82) is 0 Å². The molecule has 0 aliphatic rings. The molecule has 1 aromatic carbocycles. The van der Waals surface area contributed by atoms with Gasteiger partial charge >= 0.3 is 0 Å². The third kappa shape index (κ3) is 4.17. The predicted octanol–water partition coefficient (Wildman–Crippen LogP) is 2.65. The van der Waals surface area contributed by atoms with Gasteiger partial charge in [-0.25, -0.2) is 18.1 Å². The quantitative estimate of drug-likeness (QED) is 0.856. The Hall–Kier alpha value is -1.63. The topological polar surface area (TPSA) is 71.1 Å².